The maximum Gasteiger partial charge on any atom is 0.262 e. The van der Waals surface area contributed by atoms with E-state index in [0.717, 1.165) is 19.3 Å². The fourth-order valence-corrected chi connectivity index (χ4v) is 3.02. The lowest BCUT2D eigenvalue weighted by Gasteiger charge is -2.29. The first kappa shape index (κ1) is 17.9. The van der Waals surface area contributed by atoms with Gasteiger partial charge in [-0.1, -0.05) is 19.8 Å². The molecule has 1 aliphatic rings. The Bertz CT molecular complexity index is 661. The minimum Gasteiger partial charge on any atom is -0.497 e. The molecule has 24 heavy (non-hydrogen) atoms. The third-order valence-electron chi connectivity index (χ3n) is 4.53. The van der Waals surface area contributed by atoms with Gasteiger partial charge >= 0.3 is 0 Å². The first-order chi connectivity index (χ1) is 11.6. The summed E-state index contributed by atoms with van der Waals surface area (Å²) in [5, 5.41) is 12.4. The second kappa shape index (κ2) is 8.39. The maximum absolute atomic E-state index is 12.4. The summed E-state index contributed by atoms with van der Waals surface area (Å²) in [6, 6.07) is 7.40. The quantitative estimate of drug-likeness (QED) is 0.665. The Balaban J connectivity index is 2.19. The summed E-state index contributed by atoms with van der Waals surface area (Å²) < 4.78 is 10.5. The third-order valence-corrected chi connectivity index (χ3v) is 4.53. The predicted molar refractivity (Wildman–Crippen MR) is 92.7 cm³/mol. The second-order valence-electron chi connectivity index (χ2n) is 6.12. The number of carbonyl (C=O) groups is 1. The molecule has 0 radical (unpaired) electrons. The van der Waals surface area contributed by atoms with Gasteiger partial charge in [-0.2, -0.15) is 5.26 Å². The molecule has 5 nitrogen and oxygen atoms in total. The molecule has 0 aromatic heterocycles. The van der Waals surface area contributed by atoms with Crippen molar-refractivity contribution in [1.82, 2.24) is 5.32 Å². The smallest absolute Gasteiger partial charge is 0.262 e. The normalized spacial score (nSPS) is 20.8. The fourth-order valence-electron chi connectivity index (χ4n) is 3.02. The summed E-state index contributed by atoms with van der Waals surface area (Å²) in [6.07, 6.45) is 5.96. The minimum absolute atomic E-state index is 0.0799. The molecule has 0 unspecified atom stereocenters. The molecule has 0 saturated heterocycles. The standard InChI is InChI=1S/C19H24N2O3/c1-13-6-4-5-7-17(13)21-19(22)15(12-20)10-14-8-9-16(23-2)11-18(14)24-3/h8-11,13,17H,4-7H2,1-3H3,(H,21,22)/b15-10+/t13-,17+/m1/s1. The van der Waals surface area contributed by atoms with E-state index >= 15 is 0 Å². The number of carbonyl (C=O) groups excluding carboxylic acids is 1. The number of rotatable bonds is 5. The van der Waals surface area contributed by atoms with E-state index in [0.29, 0.717) is 23.0 Å². The zero-order valence-electron chi connectivity index (χ0n) is 14.5. The molecule has 1 amide bonds. The molecule has 5 heteroatoms. The van der Waals surface area contributed by atoms with Gasteiger partial charge < -0.3 is 14.8 Å². The Hall–Kier alpha value is -2.48. The van der Waals surface area contributed by atoms with E-state index in [-0.39, 0.29) is 17.5 Å². The molecule has 0 heterocycles. The summed E-state index contributed by atoms with van der Waals surface area (Å²) in [5.74, 6) is 1.33. The van der Waals surface area contributed by atoms with E-state index in [9.17, 15) is 10.1 Å². The van der Waals surface area contributed by atoms with Crippen LogP contribution in [0.3, 0.4) is 0 Å². The lowest BCUT2D eigenvalue weighted by Crippen LogP contribution is -2.41. The van der Waals surface area contributed by atoms with E-state index in [1.807, 2.05) is 6.07 Å². The van der Waals surface area contributed by atoms with Crippen molar-refractivity contribution >= 4 is 12.0 Å². The number of hydrogen-bond acceptors (Lipinski definition) is 4. The van der Waals surface area contributed by atoms with Crippen LogP contribution in [0.5, 0.6) is 11.5 Å². The Labute approximate surface area is 143 Å². The van der Waals surface area contributed by atoms with Crippen molar-refractivity contribution in [2.75, 3.05) is 14.2 Å². The Kier molecular flexibility index (Phi) is 6.25. The summed E-state index contributed by atoms with van der Waals surface area (Å²) in [5.41, 5.74) is 0.748. The summed E-state index contributed by atoms with van der Waals surface area (Å²) >= 11 is 0. The van der Waals surface area contributed by atoms with Crippen LogP contribution in [0.4, 0.5) is 0 Å². The molecule has 1 aromatic carbocycles. The van der Waals surface area contributed by atoms with Crippen molar-refractivity contribution in [3.05, 3.63) is 29.3 Å². The highest BCUT2D eigenvalue weighted by molar-refractivity contribution is 6.02. The highest BCUT2D eigenvalue weighted by Crippen LogP contribution is 2.27. The summed E-state index contributed by atoms with van der Waals surface area (Å²) in [7, 11) is 3.12. The lowest BCUT2D eigenvalue weighted by molar-refractivity contribution is -0.118. The van der Waals surface area contributed by atoms with Gasteiger partial charge in [0.2, 0.25) is 0 Å². The fraction of sp³-hybridized carbons (Fsp3) is 0.474. The number of methoxy groups -OCH3 is 2. The zero-order chi connectivity index (χ0) is 17.5. The molecule has 2 rings (SSSR count). The van der Waals surface area contributed by atoms with Crippen molar-refractivity contribution in [3.8, 4) is 17.6 Å². The SMILES string of the molecule is COc1ccc(/C=C(\C#N)C(=O)N[C@H]2CCCC[C@H]2C)c(OC)c1. The van der Waals surface area contributed by atoms with Gasteiger partial charge in [-0.05, 0) is 37.0 Å². The third kappa shape index (κ3) is 4.29. The molecule has 128 valence electrons. The number of amides is 1. The van der Waals surface area contributed by atoms with Gasteiger partial charge in [0, 0.05) is 17.7 Å². The first-order valence-electron chi connectivity index (χ1n) is 8.23. The highest BCUT2D eigenvalue weighted by atomic mass is 16.5. The molecule has 0 spiro atoms. The van der Waals surface area contributed by atoms with Crippen LogP contribution in [0.1, 0.15) is 38.2 Å². The molecule has 1 saturated carbocycles. The van der Waals surface area contributed by atoms with Crippen molar-refractivity contribution < 1.29 is 14.3 Å². The van der Waals surface area contributed by atoms with Crippen LogP contribution in [0, 0.1) is 17.2 Å². The molecule has 1 aromatic rings. The van der Waals surface area contributed by atoms with Gasteiger partial charge in [0.05, 0.1) is 14.2 Å². The van der Waals surface area contributed by atoms with Crippen LogP contribution < -0.4 is 14.8 Å². The monoisotopic (exact) mass is 328 g/mol. The van der Waals surface area contributed by atoms with Crippen molar-refractivity contribution in [1.29, 1.82) is 5.26 Å². The molecule has 0 bridgehead atoms. The van der Waals surface area contributed by atoms with Crippen molar-refractivity contribution in [2.45, 2.75) is 38.6 Å². The Morgan fingerprint density at radius 3 is 2.67 bits per heavy atom. The molecular weight excluding hydrogens is 304 g/mol. The van der Waals surface area contributed by atoms with Crippen LogP contribution in [0.25, 0.3) is 6.08 Å². The minimum atomic E-state index is -0.325. The number of nitriles is 1. The average Bonchev–Trinajstić information content (AvgIpc) is 2.61. The Morgan fingerprint density at radius 2 is 2.04 bits per heavy atom. The van der Waals surface area contributed by atoms with Gasteiger partial charge in [0.25, 0.3) is 5.91 Å². The Morgan fingerprint density at radius 1 is 1.29 bits per heavy atom. The van der Waals surface area contributed by atoms with Gasteiger partial charge in [0.1, 0.15) is 23.1 Å². The number of nitrogens with one attached hydrogen (secondary N) is 1. The highest BCUT2D eigenvalue weighted by Gasteiger charge is 2.24. The average molecular weight is 328 g/mol. The van der Waals surface area contributed by atoms with Crippen molar-refractivity contribution in [2.24, 2.45) is 5.92 Å². The summed E-state index contributed by atoms with van der Waals surface area (Å²) in [4.78, 5) is 12.4. The zero-order valence-corrected chi connectivity index (χ0v) is 14.5. The largest absolute Gasteiger partial charge is 0.497 e. The number of nitrogens with zero attached hydrogens (tertiary/aromatic N) is 1. The molecule has 2 atom stereocenters. The van der Waals surface area contributed by atoms with Crippen molar-refractivity contribution in [3.63, 3.8) is 0 Å². The molecule has 1 aliphatic carbocycles. The van der Waals surface area contributed by atoms with Crippen LogP contribution in [-0.2, 0) is 4.79 Å². The maximum atomic E-state index is 12.4. The number of benzene rings is 1. The van der Waals surface area contributed by atoms with E-state index in [1.165, 1.54) is 6.42 Å². The molecule has 0 aliphatic heterocycles. The predicted octanol–water partition coefficient (Wildman–Crippen LogP) is 3.31. The molecular formula is C19H24N2O3. The van der Waals surface area contributed by atoms with Crippen LogP contribution in [0.2, 0.25) is 0 Å². The van der Waals surface area contributed by atoms with Crippen LogP contribution in [0.15, 0.2) is 23.8 Å². The van der Waals surface area contributed by atoms with Gasteiger partial charge in [-0.25, -0.2) is 0 Å². The summed E-state index contributed by atoms with van der Waals surface area (Å²) in [6.45, 7) is 2.15. The number of ether oxygens (including phenoxy) is 2. The van der Waals surface area contributed by atoms with E-state index in [4.69, 9.17) is 9.47 Å². The number of hydrogen-bond donors (Lipinski definition) is 1. The van der Waals surface area contributed by atoms with Gasteiger partial charge in [-0.15, -0.1) is 0 Å². The molecule has 1 N–H and O–H groups in total. The van der Waals surface area contributed by atoms with Gasteiger partial charge in [-0.3, -0.25) is 4.79 Å². The van der Waals surface area contributed by atoms with E-state index in [2.05, 4.69) is 12.2 Å². The van der Waals surface area contributed by atoms with Crippen LogP contribution in [-0.4, -0.2) is 26.2 Å². The second-order valence-corrected chi connectivity index (χ2v) is 6.12. The van der Waals surface area contributed by atoms with E-state index < -0.39 is 0 Å². The topological polar surface area (TPSA) is 71.3 Å². The lowest BCUT2D eigenvalue weighted by atomic mass is 9.86. The van der Waals surface area contributed by atoms with Gasteiger partial charge in [0.15, 0.2) is 0 Å². The van der Waals surface area contributed by atoms with Crippen LogP contribution >= 0.6 is 0 Å². The first-order valence-corrected chi connectivity index (χ1v) is 8.23. The molecule has 1 fully saturated rings. The van der Waals surface area contributed by atoms with E-state index in [1.54, 1.807) is 38.5 Å².